The van der Waals surface area contributed by atoms with Crippen molar-refractivity contribution in [2.45, 2.75) is 156 Å². The van der Waals surface area contributed by atoms with Crippen molar-refractivity contribution in [2.24, 2.45) is 5.73 Å². The molecule has 5 aromatic rings. The maximum atomic E-state index is 14.5. The monoisotopic (exact) mass is 1220 g/mol. The molecule has 15 atom stereocenters. The van der Waals surface area contributed by atoms with Crippen LogP contribution >= 0.6 is 34.8 Å². The van der Waals surface area contributed by atoms with Gasteiger partial charge in [0.15, 0.2) is 30.7 Å². The van der Waals surface area contributed by atoms with Crippen molar-refractivity contribution in [1.29, 1.82) is 0 Å². The standard InChI is InChI=1S/C59H66O18.C2H2Cl3NO/c1-36-47(63)50(75-58-54(73-40(5)62)52(72-39(4)61)48(37(2)70-58)71-38(3)60)55(76-57(64)45-29-19-10-20-30-45)59(65,77-36)56-53(69-34-44-27-17-9-18-28-44)51(68-33-43-25-15-8-16-26-43)49(67-32-42-23-13-7-14-24-42)46(74-56)35-66-31-41-21-11-6-12-22-41;3-2(4,5)1(6)7/h6-30,36-37,46-56,58,63,65H,31-35H2,1-5H3;(H2,6,7)/t36-,37-,46+,47-,48-,49+,50+,51-,52+,53+,54+,55+,56-,58-,59-;/m0./s1. The van der Waals surface area contributed by atoms with Crippen LogP contribution in [0.3, 0.4) is 0 Å². The van der Waals surface area contributed by atoms with Gasteiger partial charge in [0.2, 0.25) is 5.79 Å². The zero-order valence-corrected chi connectivity index (χ0v) is 48.9. The summed E-state index contributed by atoms with van der Waals surface area (Å²) >= 11 is 14.8. The van der Waals surface area contributed by atoms with E-state index >= 15 is 0 Å². The first-order chi connectivity index (χ1) is 40.1. The second-order valence-electron chi connectivity index (χ2n) is 20.0. The Kier molecular flexibility index (Phi) is 24.0. The number of rotatable bonds is 21. The third kappa shape index (κ3) is 18.0. The van der Waals surface area contributed by atoms with Crippen molar-refractivity contribution in [3.63, 3.8) is 0 Å². The summed E-state index contributed by atoms with van der Waals surface area (Å²) in [4.78, 5) is 62.4. The van der Waals surface area contributed by atoms with Crippen LogP contribution in [0.15, 0.2) is 152 Å². The topological polar surface area (TPSA) is 263 Å². The van der Waals surface area contributed by atoms with Gasteiger partial charge in [0.1, 0.15) is 42.7 Å². The molecule has 0 unspecified atom stereocenters. The fourth-order valence-electron chi connectivity index (χ4n) is 9.76. The molecule has 452 valence electrons. The summed E-state index contributed by atoms with van der Waals surface area (Å²) < 4.78 is 75.2. The number of nitrogens with two attached hydrogens (primary N) is 1. The van der Waals surface area contributed by atoms with Crippen LogP contribution in [0.4, 0.5) is 0 Å². The molecule has 3 heterocycles. The predicted molar refractivity (Wildman–Crippen MR) is 302 cm³/mol. The molecular formula is C61H68Cl3NO19. The summed E-state index contributed by atoms with van der Waals surface area (Å²) in [5.74, 6) is -7.24. The Labute approximate surface area is 501 Å². The van der Waals surface area contributed by atoms with Crippen LogP contribution in [-0.4, -0.2) is 142 Å². The second-order valence-corrected chi connectivity index (χ2v) is 22.3. The molecular weight excluding hydrogens is 1160 g/mol. The van der Waals surface area contributed by atoms with Crippen LogP contribution < -0.4 is 5.73 Å². The van der Waals surface area contributed by atoms with Crippen LogP contribution in [0.25, 0.3) is 0 Å². The molecule has 1 amide bonds. The molecule has 3 aliphatic rings. The van der Waals surface area contributed by atoms with Gasteiger partial charge in [-0.3, -0.25) is 19.2 Å². The molecule has 0 saturated carbocycles. The second kappa shape index (κ2) is 30.8. The number of ether oxygens (including phenoxy) is 12. The maximum absolute atomic E-state index is 14.5. The minimum absolute atomic E-state index is 0.0331. The highest BCUT2D eigenvalue weighted by molar-refractivity contribution is 6.76. The number of aliphatic hydroxyl groups excluding tert-OH is 1. The van der Waals surface area contributed by atoms with Crippen LogP contribution in [0.2, 0.25) is 0 Å². The largest absolute Gasteiger partial charge is 0.456 e. The summed E-state index contributed by atoms with van der Waals surface area (Å²) in [7, 11) is 0. The Morgan fingerprint density at radius 2 is 0.952 bits per heavy atom. The molecule has 3 fully saturated rings. The average Bonchev–Trinajstić information content (AvgIpc) is 0.953. The van der Waals surface area contributed by atoms with Crippen LogP contribution in [0, 0.1) is 0 Å². The molecule has 23 heteroatoms. The van der Waals surface area contributed by atoms with Gasteiger partial charge in [0, 0.05) is 20.8 Å². The molecule has 8 rings (SSSR count). The normalized spacial score (nSPS) is 28.5. The molecule has 0 aromatic heterocycles. The van der Waals surface area contributed by atoms with Gasteiger partial charge in [-0.2, -0.15) is 0 Å². The minimum atomic E-state index is -2.85. The highest BCUT2D eigenvalue weighted by Gasteiger charge is 2.67. The van der Waals surface area contributed by atoms with Crippen molar-refractivity contribution in [3.05, 3.63) is 179 Å². The number of carbonyl (C=O) groups is 5. The van der Waals surface area contributed by atoms with Gasteiger partial charge in [-0.05, 0) is 48.2 Å². The lowest BCUT2D eigenvalue weighted by atomic mass is 9.82. The van der Waals surface area contributed by atoms with E-state index in [4.69, 9.17) is 91.6 Å². The number of alkyl halides is 3. The number of hydrogen-bond acceptors (Lipinski definition) is 19. The first kappa shape index (κ1) is 65.5. The number of halogens is 3. The fourth-order valence-corrected chi connectivity index (χ4v) is 9.76. The molecule has 84 heavy (non-hydrogen) atoms. The molecule has 4 N–H and O–H groups in total. The molecule has 3 saturated heterocycles. The third-order valence-electron chi connectivity index (χ3n) is 13.6. The fraction of sp³-hybridized carbons (Fsp3) is 0.426. The van der Waals surface area contributed by atoms with Crippen molar-refractivity contribution in [3.8, 4) is 0 Å². The molecule has 20 nitrogen and oxygen atoms in total. The van der Waals surface area contributed by atoms with E-state index in [2.05, 4.69) is 5.73 Å². The lowest BCUT2D eigenvalue weighted by Gasteiger charge is -2.56. The Morgan fingerprint density at radius 3 is 1.42 bits per heavy atom. The summed E-state index contributed by atoms with van der Waals surface area (Å²) in [6, 6.07) is 45.7. The van der Waals surface area contributed by atoms with E-state index in [1.54, 1.807) is 18.2 Å². The smallest absolute Gasteiger partial charge is 0.338 e. The van der Waals surface area contributed by atoms with Gasteiger partial charge >= 0.3 is 23.9 Å². The van der Waals surface area contributed by atoms with E-state index in [1.807, 2.05) is 121 Å². The Morgan fingerprint density at radius 1 is 0.536 bits per heavy atom. The zero-order valence-electron chi connectivity index (χ0n) is 46.6. The van der Waals surface area contributed by atoms with Crippen molar-refractivity contribution >= 4 is 64.6 Å². The molecule has 3 aliphatic heterocycles. The Balaban J connectivity index is 0.00000136. The van der Waals surface area contributed by atoms with Crippen molar-refractivity contribution in [1.82, 2.24) is 0 Å². The highest BCUT2D eigenvalue weighted by atomic mass is 35.6. The summed E-state index contributed by atoms with van der Waals surface area (Å²) in [5, 5.41) is 26.3. The maximum Gasteiger partial charge on any atom is 0.338 e. The van der Waals surface area contributed by atoms with E-state index < -0.39 is 125 Å². The zero-order chi connectivity index (χ0) is 60.6. The van der Waals surface area contributed by atoms with Crippen LogP contribution in [0.5, 0.6) is 0 Å². The predicted octanol–water partition coefficient (Wildman–Crippen LogP) is 7.19. The van der Waals surface area contributed by atoms with Gasteiger partial charge in [0.25, 0.3) is 9.70 Å². The molecule has 5 aromatic carbocycles. The quantitative estimate of drug-likeness (QED) is 0.0373. The molecule has 0 aliphatic carbocycles. The van der Waals surface area contributed by atoms with E-state index in [1.165, 1.54) is 26.0 Å². The molecule has 0 spiro atoms. The van der Waals surface area contributed by atoms with Crippen LogP contribution in [0.1, 0.15) is 67.2 Å². The highest BCUT2D eigenvalue weighted by Crippen LogP contribution is 2.44. The minimum Gasteiger partial charge on any atom is -0.456 e. The van der Waals surface area contributed by atoms with E-state index in [9.17, 15) is 34.2 Å². The number of hydrogen-bond donors (Lipinski definition) is 3. The first-order valence-electron chi connectivity index (χ1n) is 26.9. The van der Waals surface area contributed by atoms with Gasteiger partial charge in [-0.1, -0.05) is 174 Å². The summed E-state index contributed by atoms with van der Waals surface area (Å²) in [5.41, 5.74) is 7.84. The van der Waals surface area contributed by atoms with Gasteiger partial charge in [0.05, 0.1) is 50.8 Å². The summed E-state index contributed by atoms with van der Waals surface area (Å²) in [6.07, 6.45) is -20.6. The van der Waals surface area contributed by atoms with Crippen molar-refractivity contribution < 1.29 is 91.0 Å². The first-order valence-corrected chi connectivity index (χ1v) is 28.0. The number of carbonyl (C=O) groups excluding carboxylic acids is 5. The van der Waals surface area contributed by atoms with E-state index in [0.717, 1.165) is 43.0 Å². The number of primary amides is 1. The van der Waals surface area contributed by atoms with E-state index in [-0.39, 0.29) is 38.6 Å². The van der Waals surface area contributed by atoms with Gasteiger partial charge in [-0.15, -0.1) is 0 Å². The van der Waals surface area contributed by atoms with E-state index in [0.29, 0.717) is 0 Å². The molecule has 0 bridgehead atoms. The number of esters is 4. The van der Waals surface area contributed by atoms with Gasteiger partial charge < -0.3 is 72.8 Å². The number of aliphatic hydroxyl groups is 2. The SMILES string of the molecule is CC(=O)O[C@@H]1[C@@H](OC(C)=O)[C@H](C)O[C@@H](O[C@@H]2[C@@H](O)[C@H](C)O[C@](O)([C@H]3O[C@H](COCc4ccccc4)[C@@H](OCc4ccccc4)[C@H](OCc4ccccc4)[C@H]3OCc3ccccc3)[C@@H]2OC(=O)c2ccccc2)[C@@H]1OC(C)=O.NC(=O)C(Cl)(Cl)Cl. The number of amides is 1. The Bertz CT molecular complexity index is 2880. The lowest BCUT2D eigenvalue weighted by molar-refractivity contribution is -0.421. The van der Waals surface area contributed by atoms with Crippen molar-refractivity contribution in [2.75, 3.05) is 6.61 Å². The Hall–Kier alpha value is -6.08. The van der Waals surface area contributed by atoms with Gasteiger partial charge in [-0.25, -0.2) is 4.79 Å². The average molecular weight is 1230 g/mol. The van der Waals surface area contributed by atoms with Crippen LogP contribution in [-0.2, 0) is 102 Å². The lowest BCUT2D eigenvalue weighted by Crippen LogP contribution is -2.76. The molecule has 0 radical (unpaired) electrons. The number of benzene rings is 5. The summed E-state index contributed by atoms with van der Waals surface area (Å²) in [6.45, 7) is 6.42. The third-order valence-corrected chi connectivity index (χ3v) is 14.2.